The Hall–Kier alpha value is -0.970. The van der Waals surface area contributed by atoms with Crippen molar-refractivity contribution in [3.63, 3.8) is 0 Å². The highest BCUT2D eigenvalue weighted by Gasteiger charge is 2.26. The Morgan fingerprint density at radius 2 is 2.00 bits per heavy atom. The van der Waals surface area contributed by atoms with Crippen molar-refractivity contribution in [2.24, 2.45) is 5.14 Å². The molecule has 92 valence electrons. The zero-order valence-electron chi connectivity index (χ0n) is 9.16. The van der Waals surface area contributed by atoms with Crippen LogP contribution in [0.3, 0.4) is 0 Å². The van der Waals surface area contributed by atoms with Gasteiger partial charge in [0.1, 0.15) is 5.82 Å². The standard InChI is InChI=1S/C10H10BrFN2O2S/c1-10(2,5-13)6-3-7(11)9(4-8(6)12)17(14,15)16/h3-4H,1-2H3,(H2,14,15,16). The van der Waals surface area contributed by atoms with Gasteiger partial charge in [-0.25, -0.2) is 17.9 Å². The number of primary sulfonamides is 1. The van der Waals surface area contributed by atoms with Gasteiger partial charge < -0.3 is 0 Å². The minimum Gasteiger partial charge on any atom is -0.225 e. The van der Waals surface area contributed by atoms with Crippen LogP contribution in [0, 0.1) is 17.1 Å². The molecule has 0 aliphatic rings. The minimum absolute atomic E-state index is 0.110. The predicted octanol–water partition coefficient (Wildman–Crippen LogP) is 2.04. The van der Waals surface area contributed by atoms with E-state index in [0.717, 1.165) is 6.07 Å². The van der Waals surface area contributed by atoms with E-state index in [4.69, 9.17) is 10.4 Å². The Morgan fingerprint density at radius 1 is 1.47 bits per heavy atom. The third-order valence-corrected chi connectivity index (χ3v) is 4.15. The summed E-state index contributed by atoms with van der Waals surface area (Å²) in [5, 5.41) is 13.8. The van der Waals surface area contributed by atoms with Gasteiger partial charge in [0.25, 0.3) is 0 Å². The molecule has 0 bridgehead atoms. The van der Waals surface area contributed by atoms with Crippen molar-refractivity contribution in [3.8, 4) is 6.07 Å². The van der Waals surface area contributed by atoms with Crippen LogP contribution in [0.2, 0.25) is 0 Å². The zero-order valence-corrected chi connectivity index (χ0v) is 11.6. The van der Waals surface area contributed by atoms with Gasteiger partial charge in [0.05, 0.1) is 16.4 Å². The molecule has 0 fully saturated rings. The number of hydrogen-bond donors (Lipinski definition) is 1. The van der Waals surface area contributed by atoms with Crippen molar-refractivity contribution in [2.45, 2.75) is 24.2 Å². The number of halogens is 2. The van der Waals surface area contributed by atoms with E-state index in [1.165, 1.54) is 19.9 Å². The van der Waals surface area contributed by atoms with E-state index in [0.29, 0.717) is 0 Å². The van der Waals surface area contributed by atoms with Gasteiger partial charge in [-0.2, -0.15) is 5.26 Å². The highest BCUT2D eigenvalue weighted by molar-refractivity contribution is 9.10. The van der Waals surface area contributed by atoms with Crippen LogP contribution >= 0.6 is 15.9 Å². The second-order valence-corrected chi connectivity index (χ2v) is 6.43. The molecule has 1 rings (SSSR count). The number of rotatable bonds is 2. The molecule has 0 radical (unpaired) electrons. The van der Waals surface area contributed by atoms with Crippen LogP contribution in [0.4, 0.5) is 4.39 Å². The van der Waals surface area contributed by atoms with Crippen molar-refractivity contribution in [1.82, 2.24) is 0 Å². The number of nitriles is 1. The van der Waals surface area contributed by atoms with Crippen LogP contribution in [0.5, 0.6) is 0 Å². The van der Waals surface area contributed by atoms with Crippen LogP contribution in [0.15, 0.2) is 21.5 Å². The Balaban J connectivity index is 3.56. The van der Waals surface area contributed by atoms with Crippen LogP contribution in [0.1, 0.15) is 19.4 Å². The summed E-state index contributed by atoms with van der Waals surface area (Å²) in [5.41, 5.74) is -0.942. The van der Waals surface area contributed by atoms with Crippen LogP contribution in [-0.2, 0) is 15.4 Å². The maximum absolute atomic E-state index is 13.8. The quantitative estimate of drug-likeness (QED) is 0.904. The van der Waals surface area contributed by atoms with Crippen LogP contribution in [-0.4, -0.2) is 8.42 Å². The average Bonchev–Trinajstić information content (AvgIpc) is 2.19. The normalized spacial score (nSPS) is 12.2. The zero-order chi connectivity index (χ0) is 13.4. The van der Waals surface area contributed by atoms with E-state index >= 15 is 0 Å². The lowest BCUT2D eigenvalue weighted by Crippen LogP contribution is -2.19. The van der Waals surface area contributed by atoms with Crippen molar-refractivity contribution < 1.29 is 12.8 Å². The molecule has 0 aliphatic carbocycles. The van der Waals surface area contributed by atoms with Crippen molar-refractivity contribution in [3.05, 3.63) is 28.0 Å². The molecular weight excluding hydrogens is 311 g/mol. The number of nitrogens with zero attached hydrogens (tertiary/aromatic N) is 1. The molecular formula is C10H10BrFN2O2S. The Kier molecular flexibility index (Phi) is 3.62. The monoisotopic (exact) mass is 320 g/mol. The molecule has 4 nitrogen and oxygen atoms in total. The summed E-state index contributed by atoms with van der Waals surface area (Å²) in [4.78, 5) is -0.340. The maximum atomic E-state index is 13.8. The highest BCUT2D eigenvalue weighted by Crippen LogP contribution is 2.31. The largest absolute Gasteiger partial charge is 0.239 e. The first-order valence-electron chi connectivity index (χ1n) is 4.53. The Morgan fingerprint density at radius 3 is 2.41 bits per heavy atom. The number of hydrogen-bond acceptors (Lipinski definition) is 3. The Bertz CT molecular complexity index is 605. The first-order valence-corrected chi connectivity index (χ1v) is 6.87. The van der Waals surface area contributed by atoms with Gasteiger partial charge in [0, 0.05) is 10.0 Å². The van der Waals surface area contributed by atoms with Gasteiger partial charge in [0.2, 0.25) is 10.0 Å². The fourth-order valence-electron chi connectivity index (χ4n) is 1.29. The molecule has 17 heavy (non-hydrogen) atoms. The van der Waals surface area contributed by atoms with E-state index < -0.39 is 21.3 Å². The van der Waals surface area contributed by atoms with Crippen LogP contribution in [0.25, 0.3) is 0 Å². The molecule has 7 heteroatoms. The molecule has 0 saturated carbocycles. The number of sulfonamides is 1. The molecule has 0 saturated heterocycles. The average molecular weight is 321 g/mol. The van der Waals surface area contributed by atoms with Gasteiger partial charge in [-0.1, -0.05) is 0 Å². The predicted molar refractivity (Wildman–Crippen MR) is 64.1 cm³/mol. The molecule has 1 aromatic carbocycles. The topological polar surface area (TPSA) is 83.9 Å². The Labute approximate surface area is 107 Å². The van der Waals surface area contributed by atoms with E-state index in [1.807, 2.05) is 6.07 Å². The van der Waals surface area contributed by atoms with Gasteiger partial charge in [-0.3, -0.25) is 0 Å². The van der Waals surface area contributed by atoms with Crippen molar-refractivity contribution in [2.75, 3.05) is 0 Å². The van der Waals surface area contributed by atoms with E-state index in [-0.39, 0.29) is 14.9 Å². The number of nitrogens with two attached hydrogens (primary N) is 1. The van der Waals surface area contributed by atoms with Crippen molar-refractivity contribution in [1.29, 1.82) is 5.26 Å². The smallest absolute Gasteiger partial charge is 0.225 e. The number of benzene rings is 1. The maximum Gasteiger partial charge on any atom is 0.239 e. The lowest BCUT2D eigenvalue weighted by Gasteiger charge is -2.18. The first-order chi connectivity index (χ1) is 7.59. The van der Waals surface area contributed by atoms with Gasteiger partial charge >= 0.3 is 0 Å². The fourth-order valence-corrected chi connectivity index (χ4v) is 2.90. The molecule has 0 aliphatic heterocycles. The molecule has 0 atom stereocenters. The lowest BCUT2D eigenvalue weighted by molar-refractivity contribution is 0.556. The van der Waals surface area contributed by atoms with E-state index in [2.05, 4.69) is 15.9 Å². The molecule has 2 N–H and O–H groups in total. The fraction of sp³-hybridized carbons (Fsp3) is 0.300. The second kappa shape index (κ2) is 4.37. The van der Waals surface area contributed by atoms with E-state index in [1.54, 1.807) is 0 Å². The molecule has 0 spiro atoms. The lowest BCUT2D eigenvalue weighted by atomic mass is 9.86. The molecule has 0 aromatic heterocycles. The third-order valence-electron chi connectivity index (χ3n) is 2.28. The first kappa shape index (κ1) is 14.1. The summed E-state index contributed by atoms with van der Waals surface area (Å²) in [6, 6.07) is 4.02. The molecule has 0 heterocycles. The highest BCUT2D eigenvalue weighted by atomic mass is 79.9. The summed E-state index contributed by atoms with van der Waals surface area (Å²) in [7, 11) is -3.99. The van der Waals surface area contributed by atoms with Crippen molar-refractivity contribution >= 4 is 26.0 Å². The summed E-state index contributed by atoms with van der Waals surface area (Å²) < 4.78 is 36.2. The van der Waals surface area contributed by atoms with Crippen LogP contribution < -0.4 is 5.14 Å². The minimum atomic E-state index is -3.99. The van der Waals surface area contributed by atoms with Gasteiger partial charge in [-0.15, -0.1) is 0 Å². The molecule has 0 unspecified atom stereocenters. The SMILES string of the molecule is CC(C)(C#N)c1cc(Br)c(S(N)(=O)=O)cc1F. The third kappa shape index (κ3) is 2.83. The molecule has 0 amide bonds. The second-order valence-electron chi connectivity index (χ2n) is 4.04. The van der Waals surface area contributed by atoms with E-state index in [9.17, 15) is 12.8 Å². The van der Waals surface area contributed by atoms with Gasteiger partial charge in [0.15, 0.2) is 0 Å². The molecule has 1 aromatic rings. The summed E-state index contributed by atoms with van der Waals surface area (Å²) in [5.74, 6) is -0.774. The van der Waals surface area contributed by atoms with Gasteiger partial charge in [-0.05, 0) is 41.9 Å². The summed E-state index contributed by atoms with van der Waals surface area (Å²) in [6.45, 7) is 3.07. The summed E-state index contributed by atoms with van der Waals surface area (Å²) in [6.07, 6.45) is 0. The summed E-state index contributed by atoms with van der Waals surface area (Å²) >= 11 is 3.00.